The normalized spacial score (nSPS) is 21.1. The Kier molecular flexibility index (Phi) is 5.97. The predicted molar refractivity (Wildman–Crippen MR) is 95.9 cm³/mol. The highest BCUT2D eigenvalue weighted by atomic mass is 35.5. The summed E-state index contributed by atoms with van der Waals surface area (Å²) in [5.41, 5.74) is 1.26. The van der Waals surface area contributed by atoms with Crippen molar-refractivity contribution in [2.45, 2.75) is 38.6 Å². The molecule has 1 aromatic carbocycles. The minimum absolute atomic E-state index is 0.130. The lowest BCUT2D eigenvalue weighted by atomic mass is 9.72. The van der Waals surface area contributed by atoms with Crippen molar-refractivity contribution in [2.24, 2.45) is 5.41 Å². The molecule has 138 valence electrons. The van der Waals surface area contributed by atoms with Crippen LogP contribution in [0.25, 0.3) is 0 Å². The smallest absolute Gasteiger partial charge is 0.222 e. The van der Waals surface area contributed by atoms with E-state index in [0.717, 1.165) is 51.0 Å². The van der Waals surface area contributed by atoms with Gasteiger partial charge in [0.1, 0.15) is 5.82 Å². The number of hydrogen-bond acceptors (Lipinski definition) is 3. The summed E-state index contributed by atoms with van der Waals surface area (Å²) in [6.07, 6.45) is 4.39. The third-order valence-corrected chi connectivity index (χ3v) is 5.93. The molecule has 25 heavy (non-hydrogen) atoms. The van der Waals surface area contributed by atoms with Crippen LogP contribution in [0.2, 0.25) is 5.02 Å². The molecule has 0 radical (unpaired) electrons. The summed E-state index contributed by atoms with van der Waals surface area (Å²) >= 11 is 5.87. The Balaban J connectivity index is 1.55. The molecule has 2 fully saturated rings. The molecule has 2 heterocycles. The summed E-state index contributed by atoms with van der Waals surface area (Å²) in [5, 5.41) is 9.20. The van der Waals surface area contributed by atoms with Crippen LogP contribution in [0.15, 0.2) is 18.2 Å². The second kappa shape index (κ2) is 8.02. The fraction of sp³-hybridized carbons (Fsp3) is 0.632. The Morgan fingerprint density at radius 2 is 2.00 bits per heavy atom. The van der Waals surface area contributed by atoms with E-state index in [0.29, 0.717) is 19.4 Å². The van der Waals surface area contributed by atoms with E-state index >= 15 is 0 Å². The summed E-state index contributed by atoms with van der Waals surface area (Å²) in [5.74, 6) is -0.152. The third kappa shape index (κ3) is 4.52. The van der Waals surface area contributed by atoms with Crippen molar-refractivity contribution in [1.82, 2.24) is 9.80 Å². The van der Waals surface area contributed by atoms with Gasteiger partial charge in [-0.05, 0) is 61.9 Å². The Labute approximate surface area is 153 Å². The van der Waals surface area contributed by atoms with Gasteiger partial charge in [0.05, 0.1) is 5.02 Å². The topological polar surface area (TPSA) is 43.8 Å². The van der Waals surface area contributed by atoms with E-state index in [1.165, 1.54) is 6.07 Å². The summed E-state index contributed by atoms with van der Waals surface area (Å²) in [4.78, 5) is 16.4. The SMILES string of the molecule is O=C1CCC2(CCN(Cc3ccc(F)c(Cl)c3)CC2)CN1CCCO. The van der Waals surface area contributed by atoms with Gasteiger partial charge in [-0.25, -0.2) is 4.39 Å². The zero-order chi connectivity index (χ0) is 17.9. The van der Waals surface area contributed by atoms with E-state index in [1.54, 1.807) is 12.1 Å². The molecule has 0 unspecified atom stereocenters. The summed E-state index contributed by atoms with van der Waals surface area (Å²) in [6.45, 7) is 4.36. The van der Waals surface area contributed by atoms with Gasteiger partial charge in [-0.2, -0.15) is 0 Å². The van der Waals surface area contributed by atoms with Crippen LogP contribution in [0.1, 0.15) is 37.7 Å². The van der Waals surface area contributed by atoms with Gasteiger partial charge in [0.25, 0.3) is 0 Å². The molecule has 2 aliphatic rings. The van der Waals surface area contributed by atoms with E-state index in [-0.39, 0.29) is 28.8 Å². The van der Waals surface area contributed by atoms with Gasteiger partial charge in [-0.15, -0.1) is 0 Å². The molecule has 2 aliphatic heterocycles. The number of halogens is 2. The van der Waals surface area contributed by atoms with E-state index in [9.17, 15) is 9.18 Å². The number of carbonyl (C=O) groups excluding carboxylic acids is 1. The van der Waals surface area contributed by atoms with Crippen molar-refractivity contribution in [1.29, 1.82) is 0 Å². The fourth-order valence-electron chi connectivity index (χ4n) is 4.06. The molecule has 1 aromatic rings. The molecule has 3 rings (SSSR count). The number of hydrogen-bond donors (Lipinski definition) is 1. The van der Waals surface area contributed by atoms with Gasteiger partial charge >= 0.3 is 0 Å². The second-order valence-electron chi connectivity index (χ2n) is 7.42. The number of piperidine rings is 2. The maximum Gasteiger partial charge on any atom is 0.222 e. The first-order valence-corrected chi connectivity index (χ1v) is 9.44. The molecule has 0 bridgehead atoms. The van der Waals surface area contributed by atoms with Crippen LogP contribution in [-0.4, -0.2) is 53.6 Å². The van der Waals surface area contributed by atoms with Gasteiger partial charge in [0.15, 0.2) is 0 Å². The molecule has 4 nitrogen and oxygen atoms in total. The number of amides is 1. The van der Waals surface area contributed by atoms with Crippen LogP contribution in [0, 0.1) is 11.2 Å². The molecule has 0 saturated carbocycles. The average molecular weight is 369 g/mol. The van der Waals surface area contributed by atoms with E-state index in [1.807, 2.05) is 4.90 Å². The molecule has 6 heteroatoms. The fourth-order valence-corrected chi connectivity index (χ4v) is 4.26. The highest BCUT2D eigenvalue weighted by Gasteiger charge is 2.40. The highest BCUT2D eigenvalue weighted by Crippen LogP contribution is 2.40. The largest absolute Gasteiger partial charge is 0.396 e. The number of aliphatic hydroxyl groups is 1. The molecular formula is C19H26ClFN2O2. The summed E-state index contributed by atoms with van der Waals surface area (Å²) in [7, 11) is 0. The molecule has 1 amide bonds. The molecule has 0 aliphatic carbocycles. The number of rotatable bonds is 5. The van der Waals surface area contributed by atoms with Gasteiger partial charge in [0, 0.05) is 32.7 Å². The van der Waals surface area contributed by atoms with Crippen LogP contribution in [0.3, 0.4) is 0 Å². The zero-order valence-electron chi connectivity index (χ0n) is 14.5. The van der Waals surface area contributed by atoms with Gasteiger partial charge in [0.2, 0.25) is 5.91 Å². The highest BCUT2D eigenvalue weighted by molar-refractivity contribution is 6.30. The number of aliphatic hydroxyl groups excluding tert-OH is 1. The van der Waals surface area contributed by atoms with Crippen molar-refractivity contribution in [3.8, 4) is 0 Å². The van der Waals surface area contributed by atoms with E-state index < -0.39 is 0 Å². The predicted octanol–water partition coefficient (Wildman–Crippen LogP) is 3.07. The molecule has 2 saturated heterocycles. The number of likely N-dealkylation sites (tertiary alicyclic amines) is 2. The van der Waals surface area contributed by atoms with Crippen molar-refractivity contribution in [3.63, 3.8) is 0 Å². The molecule has 0 aromatic heterocycles. The van der Waals surface area contributed by atoms with Crippen molar-refractivity contribution >= 4 is 17.5 Å². The number of nitrogens with zero attached hydrogens (tertiary/aromatic N) is 2. The van der Waals surface area contributed by atoms with Crippen molar-refractivity contribution in [2.75, 3.05) is 32.8 Å². The van der Waals surface area contributed by atoms with E-state index in [4.69, 9.17) is 16.7 Å². The molecule has 0 atom stereocenters. The molecular weight excluding hydrogens is 343 g/mol. The lowest BCUT2D eigenvalue weighted by Crippen LogP contribution is -2.51. The minimum atomic E-state index is -0.377. The van der Waals surface area contributed by atoms with Crippen molar-refractivity contribution < 1.29 is 14.3 Å². The second-order valence-corrected chi connectivity index (χ2v) is 7.82. The lowest BCUT2D eigenvalue weighted by molar-refractivity contribution is -0.139. The first-order valence-electron chi connectivity index (χ1n) is 9.06. The van der Waals surface area contributed by atoms with Gasteiger partial charge in [-0.1, -0.05) is 17.7 Å². The Morgan fingerprint density at radius 3 is 2.68 bits per heavy atom. The third-order valence-electron chi connectivity index (χ3n) is 5.64. The first kappa shape index (κ1) is 18.6. The van der Waals surface area contributed by atoms with Crippen LogP contribution >= 0.6 is 11.6 Å². The quantitative estimate of drug-likeness (QED) is 0.868. The van der Waals surface area contributed by atoms with Gasteiger partial charge in [-0.3, -0.25) is 9.69 Å². The Bertz CT molecular complexity index is 617. The number of benzene rings is 1. The summed E-state index contributed by atoms with van der Waals surface area (Å²) < 4.78 is 13.3. The monoisotopic (exact) mass is 368 g/mol. The number of carbonyl (C=O) groups is 1. The average Bonchev–Trinajstić information content (AvgIpc) is 2.61. The van der Waals surface area contributed by atoms with Crippen molar-refractivity contribution in [3.05, 3.63) is 34.6 Å². The lowest BCUT2D eigenvalue weighted by Gasteiger charge is -2.47. The molecule has 1 spiro atoms. The maximum atomic E-state index is 13.3. The van der Waals surface area contributed by atoms with Crippen LogP contribution in [0.5, 0.6) is 0 Å². The maximum absolute atomic E-state index is 13.3. The summed E-state index contributed by atoms with van der Waals surface area (Å²) in [6, 6.07) is 4.92. The zero-order valence-corrected chi connectivity index (χ0v) is 15.3. The molecule has 1 N–H and O–H groups in total. The standard InChI is InChI=1S/C19H26ClFN2O2/c20-16-12-15(2-3-17(16)21)13-22-9-6-19(7-10-22)5-4-18(25)23(14-19)8-1-11-24/h2-3,12,24H,1,4-11,13-14H2. The van der Waals surface area contributed by atoms with Crippen LogP contribution < -0.4 is 0 Å². The van der Waals surface area contributed by atoms with Gasteiger partial charge < -0.3 is 10.0 Å². The van der Waals surface area contributed by atoms with E-state index in [2.05, 4.69) is 4.90 Å². The van der Waals surface area contributed by atoms with Crippen LogP contribution in [0.4, 0.5) is 4.39 Å². The van der Waals surface area contributed by atoms with Crippen LogP contribution in [-0.2, 0) is 11.3 Å². The minimum Gasteiger partial charge on any atom is -0.396 e. The Morgan fingerprint density at radius 1 is 1.24 bits per heavy atom. The first-order chi connectivity index (χ1) is 12.0. The Hall–Kier alpha value is -1.17.